The molecule has 1 aromatic carbocycles. The zero-order valence-corrected chi connectivity index (χ0v) is 17.2. The van der Waals surface area contributed by atoms with Gasteiger partial charge in [-0.2, -0.15) is 0 Å². The van der Waals surface area contributed by atoms with Crippen molar-refractivity contribution in [2.24, 2.45) is 5.92 Å². The molecule has 0 spiro atoms. The maximum Gasteiger partial charge on any atom is 0.306 e. The van der Waals surface area contributed by atoms with Gasteiger partial charge in [-0.05, 0) is 18.8 Å². The summed E-state index contributed by atoms with van der Waals surface area (Å²) in [7, 11) is 0. The maximum absolute atomic E-state index is 13.5. The first kappa shape index (κ1) is 25.8. The Balaban J connectivity index is 2.17. The summed E-state index contributed by atoms with van der Waals surface area (Å²) in [4.78, 5) is 23.1. The Morgan fingerprint density at radius 2 is 1.07 bits per heavy atom. The number of hydrogen-bond donors (Lipinski definition) is 0. The van der Waals surface area contributed by atoms with Crippen molar-refractivity contribution in [3.63, 3.8) is 0 Å². The molecule has 9 heteroatoms. The average molecular weight is 438 g/mol. The van der Waals surface area contributed by atoms with Crippen LogP contribution in [0.15, 0.2) is 0 Å². The fraction of sp³-hybridized carbons (Fsp3) is 0.619. The van der Waals surface area contributed by atoms with Gasteiger partial charge in [0.2, 0.25) is 5.82 Å². The van der Waals surface area contributed by atoms with Crippen molar-refractivity contribution in [2.45, 2.75) is 71.8 Å². The predicted molar refractivity (Wildman–Crippen MR) is 98.8 cm³/mol. The lowest BCUT2D eigenvalue weighted by atomic mass is 10.1. The van der Waals surface area contributed by atoms with E-state index in [1.807, 2.05) is 13.8 Å². The number of esters is 2. The minimum absolute atomic E-state index is 0.0308. The van der Waals surface area contributed by atoms with Gasteiger partial charge in [0.15, 0.2) is 23.3 Å². The Bertz CT molecular complexity index is 693. The van der Waals surface area contributed by atoms with Gasteiger partial charge in [0.25, 0.3) is 0 Å². The van der Waals surface area contributed by atoms with Gasteiger partial charge in [0, 0.05) is 12.8 Å². The summed E-state index contributed by atoms with van der Waals surface area (Å²) >= 11 is 0. The minimum Gasteiger partial charge on any atom is -0.465 e. The van der Waals surface area contributed by atoms with Crippen LogP contribution in [0.25, 0.3) is 0 Å². The second-order valence-corrected chi connectivity index (χ2v) is 7.41. The van der Waals surface area contributed by atoms with E-state index in [2.05, 4.69) is 4.74 Å². The monoisotopic (exact) mass is 438 g/mol. The second kappa shape index (κ2) is 13.2. The highest BCUT2D eigenvalue weighted by molar-refractivity contribution is 5.69. The summed E-state index contributed by atoms with van der Waals surface area (Å²) in [6, 6.07) is 0. The van der Waals surface area contributed by atoms with Crippen LogP contribution in [0.2, 0.25) is 0 Å². The Morgan fingerprint density at radius 1 is 0.667 bits per heavy atom. The molecule has 0 N–H and O–H groups in total. The summed E-state index contributed by atoms with van der Waals surface area (Å²) in [5, 5.41) is 0. The van der Waals surface area contributed by atoms with E-state index >= 15 is 0 Å². The molecule has 0 saturated heterocycles. The van der Waals surface area contributed by atoms with Crippen molar-refractivity contribution < 1.29 is 41.0 Å². The van der Waals surface area contributed by atoms with Crippen molar-refractivity contribution in [3.8, 4) is 0 Å². The molecule has 0 aliphatic carbocycles. The molecule has 0 unspecified atom stereocenters. The van der Waals surface area contributed by atoms with Crippen LogP contribution >= 0.6 is 0 Å². The van der Waals surface area contributed by atoms with Gasteiger partial charge in [-0.3, -0.25) is 9.59 Å². The molecule has 1 aromatic rings. The fourth-order valence-electron chi connectivity index (χ4n) is 2.58. The lowest BCUT2D eigenvalue weighted by molar-refractivity contribution is -0.146. The van der Waals surface area contributed by atoms with Crippen LogP contribution in [-0.2, 0) is 25.7 Å². The zero-order chi connectivity index (χ0) is 22.7. The van der Waals surface area contributed by atoms with Crippen molar-refractivity contribution in [3.05, 3.63) is 34.6 Å². The number of benzene rings is 1. The third-order valence-electron chi connectivity index (χ3n) is 4.27. The van der Waals surface area contributed by atoms with E-state index in [-0.39, 0.29) is 12.4 Å². The number of hydrogen-bond acceptors (Lipinski definition) is 4. The third-order valence-corrected chi connectivity index (χ3v) is 4.27. The van der Waals surface area contributed by atoms with Crippen LogP contribution in [0.1, 0.15) is 70.8 Å². The van der Waals surface area contributed by atoms with E-state index in [9.17, 15) is 31.5 Å². The van der Waals surface area contributed by atoms with Crippen molar-refractivity contribution in [1.29, 1.82) is 0 Å². The van der Waals surface area contributed by atoms with Crippen LogP contribution in [0, 0.1) is 35.0 Å². The third kappa shape index (κ3) is 8.67. The maximum atomic E-state index is 13.5. The van der Waals surface area contributed by atoms with Gasteiger partial charge in [0.05, 0.1) is 12.2 Å². The van der Waals surface area contributed by atoms with Crippen LogP contribution in [0.5, 0.6) is 0 Å². The Hall–Kier alpha value is -2.19. The molecule has 0 aliphatic rings. The van der Waals surface area contributed by atoms with E-state index in [4.69, 9.17) is 4.74 Å². The molecule has 0 amide bonds. The van der Waals surface area contributed by atoms with Crippen LogP contribution < -0.4 is 0 Å². The van der Waals surface area contributed by atoms with E-state index in [0.717, 1.165) is 25.7 Å². The Kier molecular flexibility index (Phi) is 11.4. The second-order valence-electron chi connectivity index (χ2n) is 7.41. The number of rotatable bonds is 13. The summed E-state index contributed by atoms with van der Waals surface area (Å²) in [6.07, 6.45) is 4.78. The smallest absolute Gasteiger partial charge is 0.306 e. The highest BCUT2D eigenvalue weighted by atomic mass is 19.2. The number of carbonyl (C=O) groups is 2. The largest absolute Gasteiger partial charge is 0.465 e. The van der Waals surface area contributed by atoms with Crippen molar-refractivity contribution in [1.82, 2.24) is 0 Å². The summed E-state index contributed by atoms with van der Waals surface area (Å²) in [5.74, 6) is -11.1. The number of halogens is 5. The zero-order valence-electron chi connectivity index (χ0n) is 17.2. The first-order chi connectivity index (χ1) is 14.1. The number of unbranched alkanes of at least 4 members (excludes halogenated alkanes) is 5. The molecular formula is C21H27F5O4. The lowest BCUT2D eigenvalue weighted by Gasteiger charge is -2.09. The highest BCUT2D eigenvalue weighted by Gasteiger charge is 2.26. The van der Waals surface area contributed by atoms with E-state index in [1.54, 1.807) is 0 Å². The first-order valence-corrected chi connectivity index (χ1v) is 9.96. The molecule has 0 heterocycles. The van der Waals surface area contributed by atoms with Gasteiger partial charge >= 0.3 is 11.9 Å². The summed E-state index contributed by atoms with van der Waals surface area (Å²) in [6.45, 7) is 3.31. The standard InChI is InChI=1S/C21H27F5O4/c1-13(2)11-29-15(27)9-7-5-3-4-6-8-10-16(28)30-12-14-17(22)19(24)21(26)20(25)18(14)23/h13H,3-12H2,1-2H3. The van der Waals surface area contributed by atoms with Gasteiger partial charge < -0.3 is 9.47 Å². The van der Waals surface area contributed by atoms with E-state index in [0.29, 0.717) is 31.8 Å². The van der Waals surface area contributed by atoms with Gasteiger partial charge in [-0.1, -0.05) is 39.5 Å². The molecule has 170 valence electrons. The normalized spacial score (nSPS) is 11.1. The van der Waals surface area contributed by atoms with Gasteiger partial charge in [-0.15, -0.1) is 0 Å². The minimum atomic E-state index is -2.26. The molecule has 0 saturated carbocycles. The van der Waals surface area contributed by atoms with E-state index in [1.165, 1.54) is 0 Å². The van der Waals surface area contributed by atoms with Gasteiger partial charge in [0.1, 0.15) is 6.61 Å². The molecule has 1 rings (SSSR count). The van der Waals surface area contributed by atoms with Crippen LogP contribution in [-0.4, -0.2) is 18.5 Å². The fourth-order valence-corrected chi connectivity index (χ4v) is 2.58. The number of ether oxygens (including phenoxy) is 2. The number of carbonyl (C=O) groups excluding carboxylic acids is 2. The molecule has 0 fully saturated rings. The van der Waals surface area contributed by atoms with Crippen molar-refractivity contribution >= 4 is 11.9 Å². The molecular weight excluding hydrogens is 411 g/mol. The Labute approximate surface area is 172 Å². The van der Waals surface area contributed by atoms with Gasteiger partial charge in [-0.25, -0.2) is 22.0 Å². The summed E-state index contributed by atoms with van der Waals surface area (Å²) in [5.41, 5.74) is -1.17. The average Bonchev–Trinajstić information content (AvgIpc) is 2.71. The topological polar surface area (TPSA) is 52.6 Å². The Morgan fingerprint density at radius 3 is 1.53 bits per heavy atom. The molecule has 0 aliphatic heterocycles. The van der Waals surface area contributed by atoms with E-state index < -0.39 is 47.2 Å². The first-order valence-electron chi connectivity index (χ1n) is 9.96. The molecule has 30 heavy (non-hydrogen) atoms. The SMILES string of the molecule is CC(C)COC(=O)CCCCCCCCC(=O)OCc1c(F)c(F)c(F)c(F)c1F. The quantitative estimate of drug-likeness (QED) is 0.129. The molecule has 0 aromatic heterocycles. The molecule has 4 nitrogen and oxygen atoms in total. The molecule has 0 bridgehead atoms. The molecule has 0 atom stereocenters. The lowest BCUT2D eigenvalue weighted by Crippen LogP contribution is -2.11. The van der Waals surface area contributed by atoms with Crippen LogP contribution in [0.3, 0.4) is 0 Å². The highest BCUT2D eigenvalue weighted by Crippen LogP contribution is 2.23. The predicted octanol–water partition coefficient (Wildman–Crippen LogP) is 5.75. The van der Waals surface area contributed by atoms with Crippen LogP contribution in [0.4, 0.5) is 22.0 Å². The van der Waals surface area contributed by atoms with Crippen molar-refractivity contribution in [2.75, 3.05) is 6.61 Å². The summed E-state index contributed by atoms with van der Waals surface area (Å²) < 4.78 is 75.8. The molecule has 0 radical (unpaired) electrons.